The predicted octanol–water partition coefficient (Wildman–Crippen LogP) is 0.933. The number of hydrogen-bond acceptors (Lipinski definition) is 6. The van der Waals surface area contributed by atoms with Crippen molar-refractivity contribution in [3.05, 3.63) is 47.2 Å². The third kappa shape index (κ3) is 3.23. The first-order valence-electron chi connectivity index (χ1n) is 7.37. The van der Waals surface area contributed by atoms with Gasteiger partial charge >= 0.3 is 0 Å². The molecule has 1 fully saturated rings. The molecule has 1 aliphatic heterocycles. The third-order valence-electron chi connectivity index (χ3n) is 3.93. The molecule has 1 aliphatic carbocycles. The highest BCUT2D eigenvalue weighted by Gasteiger charge is 2.30. The molecule has 0 radical (unpaired) electrons. The van der Waals surface area contributed by atoms with Gasteiger partial charge in [-0.1, -0.05) is 24.3 Å². The first kappa shape index (κ1) is 15.6. The van der Waals surface area contributed by atoms with E-state index in [1.807, 2.05) is 0 Å². The zero-order valence-electron chi connectivity index (χ0n) is 12.4. The maximum absolute atomic E-state index is 12.3. The van der Waals surface area contributed by atoms with Crippen LogP contribution in [0.1, 0.15) is 27.1 Å². The molecular formula is C17H16O6. The van der Waals surface area contributed by atoms with Crippen LogP contribution < -0.4 is 0 Å². The Kier molecular flexibility index (Phi) is 4.36. The van der Waals surface area contributed by atoms with Crippen LogP contribution in [0, 0.1) is 5.92 Å². The van der Waals surface area contributed by atoms with Gasteiger partial charge in [-0.05, 0) is 6.42 Å². The zero-order valence-corrected chi connectivity index (χ0v) is 12.4. The van der Waals surface area contributed by atoms with Crippen LogP contribution in [0.15, 0.2) is 36.1 Å². The van der Waals surface area contributed by atoms with E-state index in [9.17, 15) is 19.5 Å². The fourth-order valence-corrected chi connectivity index (χ4v) is 2.70. The Morgan fingerprint density at radius 3 is 2.70 bits per heavy atom. The normalized spacial score (nSPS) is 24.0. The zero-order chi connectivity index (χ0) is 16.4. The minimum absolute atomic E-state index is 0.126. The van der Waals surface area contributed by atoms with E-state index in [0.29, 0.717) is 12.0 Å². The van der Waals surface area contributed by atoms with Crippen LogP contribution in [0.4, 0.5) is 0 Å². The number of carbonyl (C=O) groups is 3. The number of ether oxygens (including phenoxy) is 2. The Morgan fingerprint density at radius 1 is 1.22 bits per heavy atom. The van der Waals surface area contributed by atoms with E-state index in [-0.39, 0.29) is 42.7 Å². The maximum Gasteiger partial charge on any atom is 0.228 e. The Morgan fingerprint density at radius 2 is 1.96 bits per heavy atom. The van der Waals surface area contributed by atoms with Gasteiger partial charge in [0.15, 0.2) is 17.3 Å². The second-order valence-corrected chi connectivity index (χ2v) is 5.63. The number of rotatable bonds is 4. The second-order valence-electron chi connectivity index (χ2n) is 5.63. The second kappa shape index (κ2) is 6.44. The van der Waals surface area contributed by atoms with Gasteiger partial charge in [0.1, 0.15) is 6.61 Å². The van der Waals surface area contributed by atoms with E-state index in [4.69, 9.17) is 9.47 Å². The number of fused-ring (bicyclic) bond motifs is 1. The predicted molar refractivity (Wildman–Crippen MR) is 79.1 cm³/mol. The molecule has 0 aromatic heterocycles. The van der Waals surface area contributed by atoms with Crippen molar-refractivity contribution in [2.45, 2.75) is 12.5 Å². The molecule has 120 valence electrons. The summed E-state index contributed by atoms with van der Waals surface area (Å²) in [6.07, 6.45) is 0.767. The standard InChI is InChI=1S/C17H16O6/c18-11-5-10(7-22-8-11)15(20)9-23-16-6-14(19)12-3-1-2-4-13(12)17(16)21/h1-4,6,10-11,18H,5,7-9H2/t10-,11-/m0/s1. The Labute approximate surface area is 132 Å². The van der Waals surface area contributed by atoms with Crippen LogP contribution in [0.2, 0.25) is 0 Å². The smallest absolute Gasteiger partial charge is 0.228 e. The summed E-state index contributed by atoms with van der Waals surface area (Å²) >= 11 is 0. The molecule has 2 atom stereocenters. The van der Waals surface area contributed by atoms with Crippen LogP contribution in [0.5, 0.6) is 0 Å². The lowest BCUT2D eigenvalue weighted by Crippen LogP contribution is -2.35. The lowest BCUT2D eigenvalue weighted by atomic mass is 9.93. The highest BCUT2D eigenvalue weighted by molar-refractivity contribution is 6.23. The third-order valence-corrected chi connectivity index (χ3v) is 3.93. The van der Waals surface area contributed by atoms with Gasteiger partial charge in [-0.25, -0.2) is 0 Å². The van der Waals surface area contributed by atoms with Crippen LogP contribution >= 0.6 is 0 Å². The number of aliphatic hydroxyl groups excluding tert-OH is 1. The average Bonchev–Trinajstić information content (AvgIpc) is 2.56. The van der Waals surface area contributed by atoms with Crippen LogP contribution in [-0.4, -0.2) is 48.4 Å². The summed E-state index contributed by atoms with van der Waals surface area (Å²) in [5.41, 5.74) is 0.610. The summed E-state index contributed by atoms with van der Waals surface area (Å²) < 4.78 is 10.4. The van der Waals surface area contributed by atoms with Crippen LogP contribution in [0.3, 0.4) is 0 Å². The molecule has 0 unspecified atom stereocenters. The van der Waals surface area contributed by atoms with Crippen LogP contribution in [0.25, 0.3) is 0 Å². The van der Waals surface area contributed by atoms with E-state index in [1.165, 1.54) is 0 Å². The molecule has 1 aromatic carbocycles. The molecule has 6 nitrogen and oxygen atoms in total. The van der Waals surface area contributed by atoms with Crippen molar-refractivity contribution in [1.29, 1.82) is 0 Å². The van der Waals surface area contributed by atoms with Crippen molar-refractivity contribution >= 4 is 17.3 Å². The number of Topliss-reactive ketones (excluding diaryl/α,β-unsaturated/α-hetero) is 2. The van der Waals surface area contributed by atoms with Crippen LogP contribution in [-0.2, 0) is 14.3 Å². The fraction of sp³-hybridized carbons (Fsp3) is 0.353. The molecule has 1 heterocycles. The minimum atomic E-state index is -0.665. The van der Waals surface area contributed by atoms with Gasteiger partial charge in [-0.3, -0.25) is 14.4 Å². The van der Waals surface area contributed by atoms with E-state index < -0.39 is 17.8 Å². The maximum atomic E-state index is 12.3. The summed E-state index contributed by atoms with van der Waals surface area (Å²) in [5.74, 6) is -1.57. The van der Waals surface area contributed by atoms with E-state index in [0.717, 1.165) is 6.08 Å². The van der Waals surface area contributed by atoms with Crippen molar-refractivity contribution in [3.8, 4) is 0 Å². The number of carbonyl (C=O) groups excluding carboxylic acids is 3. The van der Waals surface area contributed by atoms with E-state index in [2.05, 4.69) is 0 Å². The molecule has 1 N–H and O–H groups in total. The van der Waals surface area contributed by atoms with Gasteiger partial charge in [0.05, 0.1) is 19.3 Å². The van der Waals surface area contributed by atoms with Crippen molar-refractivity contribution < 1.29 is 29.0 Å². The van der Waals surface area contributed by atoms with Crippen molar-refractivity contribution in [2.24, 2.45) is 5.92 Å². The summed E-state index contributed by atoms with van der Waals surface area (Å²) in [6.45, 7) is 0.126. The monoisotopic (exact) mass is 316 g/mol. The van der Waals surface area contributed by atoms with E-state index in [1.54, 1.807) is 24.3 Å². The molecule has 0 bridgehead atoms. The Balaban J connectivity index is 1.66. The molecule has 23 heavy (non-hydrogen) atoms. The molecule has 0 amide bonds. The SMILES string of the molecule is O=C1C=C(OCC(=O)[C@@H]2COC[C@@H](O)C2)C(=O)c2ccccc21. The van der Waals surface area contributed by atoms with Gasteiger partial charge in [-0.15, -0.1) is 0 Å². The first-order chi connectivity index (χ1) is 11.1. The lowest BCUT2D eigenvalue weighted by molar-refractivity contribution is -0.134. The number of benzene rings is 1. The molecule has 3 rings (SSSR count). The lowest BCUT2D eigenvalue weighted by Gasteiger charge is -2.25. The highest BCUT2D eigenvalue weighted by Crippen LogP contribution is 2.22. The number of aliphatic hydroxyl groups is 1. The first-order valence-corrected chi connectivity index (χ1v) is 7.37. The number of ketones is 3. The molecule has 2 aliphatic rings. The summed E-state index contributed by atoms with van der Waals surface area (Å²) in [4.78, 5) is 36.3. The van der Waals surface area contributed by atoms with E-state index >= 15 is 0 Å². The summed E-state index contributed by atoms with van der Waals surface area (Å²) in [5, 5.41) is 9.50. The molecular weight excluding hydrogens is 300 g/mol. The van der Waals surface area contributed by atoms with Gasteiger partial charge < -0.3 is 14.6 Å². The van der Waals surface area contributed by atoms with Gasteiger partial charge in [0, 0.05) is 23.1 Å². The van der Waals surface area contributed by atoms with Crippen molar-refractivity contribution in [1.82, 2.24) is 0 Å². The Hall–Kier alpha value is -2.31. The highest BCUT2D eigenvalue weighted by atomic mass is 16.5. The average molecular weight is 316 g/mol. The van der Waals surface area contributed by atoms with Crippen molar-refractivity contribution in [2.75, 3.05) is 19.8 Å². The Bertz CT molecular complexity index is 690. The largest absolute Gasteiger partial charge is 0.482 e. The molecule has 1 saturated heterocycles. The summed E-state index contributed by atoms with van der Waals surface area (Å²) in [6, 6.07) is 6.48. The molecule has 6 heteroatoms. The van der Waals surface area contributed by atoms with Crippen molar-refractivity contribution in [3.63, 3.8) is 0 Å². The van der Waals surface area contributed by atoms with Gasteiger partial charge in [0.25, 0.3) is 0 Å². The number of hydrogen-bond donors (Lipinski definition) is 1. The number of allylic oxidation sites excluding steroid dienone is 2. The molecule has 0 spiro atoms. The molecule has 0 saturated carbocycles. The molecule has 1 aromatic rings. The minimum Gasteiger partial charge on any atom is -0.482 e. The fourth-order valence-electron chi connectivity index (χ4n) is 2.70. The van der Waals surface area contributed by atoms with Gasteiger partial charge in [0.2, 0.25) is 5.78 Å². The van der Waals surface area contributed by atoms with Gasteiger partial charge in [-0.2, -0.15) is 0 Å². The summed E-state index contributed by atoms with van der Waals surface area (Å²) in [7, 11) is 0. The topological polar surface area (TPSA) is 89.9 Å². The quantitative estimate of drug-likeness (QED) is 0.889.